The second-order valence-electron chi connectivity index (χ2n) is 4.19. The predicted molar refractivity (Wildman–Crippen MR) is 58.7 cm³/mol. The second kappa shape index (κ2) is 5.81. The number of nitrogens with one attached hydrogen (secondary N) is 3. The summed E-state index contributed by atoms with van der Waals surface area (Å²) >= 11 is 0. The summed E-state index contributed by atoms with van der Waals surface area (Å²) in [6.07, 6.45) is 0. The predicted octanol–water partition coefficient (Wildman–Crippen LogP) is -1.79. The fourth-order valence-electron chi connectivity index (χ4n) is 1.38. The van der Waals surface area contributed by atoms with Crippen molar-refractivity contribution < 1.29 is 14.7 Å². The zero-order valence-corrected chi connectivity index (χ0v) is 9.62. The largest absolute Gasteiger partial charge is 0.396 e. The minimum absolute atomic E-state index is 0.0159. The molecule has 16 heavy (non-hydrogen) atoms. The van der Waals surface area contributed by atoms with Gasteiger partial charge in [0.25, 0.3) is 0 Å². The highest BCUT2D eigenvalue weighted by Gasteiger charge is 2.25. The lowest BCUT2D eigenvalue weighted by Crippen LogP contribution is -2.59. The molecule has 2 amide bonds. The Morgan fingerprint density at radius 1 is 1.62 bits per heavy atom. The van der Waals surface area contributed by atoms with Crippen LogP contribution < -0.4 is 16.0 Å². The van der Waals surface area contributed by atoms with Gasteiger partial charge in [0.05, 0.1) is 6.54 Å². The van der Waals surface area contributed by atoms with Crippen molar-refractivity contribution in [2.45, 2.75) is 25.9 Å². The quantitative estimate of drug-likeness (QED) is 0.458. The van der Waals surface area contributed by atoms with Gasteiger partial charge in [-0.3, -0.25) is 14.9 Å². The van der Waals surface area contributed by atoms with Crippen LogP contribution in [0, 0.1) is 5.92 Å². The molecule has 3 unspecified atom stereocenters. The third-order valence-corrected chi connectivity index (χ3v) is 2.84. The van der Waals surface area contributed by atoms with Gasteiger partial charge in [-0.2, -0.15) is 0 Å². The molecule has 0 bridgehead atoms. The van der Waals surface area contributed by atoms with Gasteiger partial charge in [-0.15, -0.1) is 0 Å². The summed E-state index contributed by atoms with van der Waals surface area (Å²) in [7, 11) is 0. The Bertz CT molecular complexity index is 260. The first-order valence-corrected chi connectivity index (χ1v) is 5.46. The zero-order valence-electron chi connectivity index (χ0n) is 9.62. The molecule has 0 aromatic heterocycles. The first kappa shape index (κ1) is 12.9. The van der Waals surface area contributed by atoms with Gasteiger partial charge in [0.1, 0.15) is 6.04 Å². The van der Waals surface area contributed by atoms with Gasteiger partial charge in [-0.25, -0.2) is 0 Å². The van der Waals surface area contributed by atoms with Crippen molar-refractivity contribution in [1.29, 1.82) is 0 Å². The van der Waals surface area contributed by atoms with Gasteiger partial charge in [0.2, 0.25) is 11.8 Å². The summed E-state index contributed by atoms with van der Waals surface area (Å²) in [6.45, 7) is 4.23. The standard InChI is InChI=1S/C10H19N3O3/c1-6(5-14)7(2)13-10(16)8-3-12-9(15)4-11-8/h6-8,11,14H,3-5H2,1-2H3,(H,12,15)(H,13,16). The number of aliphatic hydroxyl groups excluding tert-OH is 1. The number of hydrogen-bond acceptors (Lipinski definition) is 4. The number of aliphatic hydroxyl groups is 1. The van der Waals surface area contributed by atoms with Crippen LogP contribution in [-0.4, -0.2) is 48.7 Å². The van der Waals surface area contributed by atoms with Crippen molar-refractivity contribution in [2.75, 3.05) is 19.7 Å². The van der Waals surface area contributed by atoms with Crippen LogP contribution in [0.15, 0.2) is 0 Å². The highest BCUT2D eigenvalue weighted by Crippen LogP contribution is 2.01. The van der Waals surface area contributed by atoms with Crippen molar-refractivity contribution in [3.63, 3.8) is 0 Å². The van der Waals surface area contributed by atoms with Crippen LogP contribution in [-0.2, 0) is 9.59 Å². The lowest BCUT2D eigenvalue weighted by molar-refractivity contribution is -0.127. The molecule has 1 fully saturated rings. The van der Waals surface area contributed by atoms with Gasteiger partial charge >= 0.3 is 0 Å². The molecule has 1 aliphatic rings. The molecule has 1 saturated heterocycles. The van der Waals surface area contributed by atoms with E-state index in [4.69, 9.17) is 5.11 Å². The Kier molecular flexibility index (Phi) is 4.70. The fraction of sp³-hybridized carbons (Fsp3) is 0.800. The Morgan fingerprint density at radius 2 is 2.31 bits per heavy atom. The van der Waals surface area contributed by atoms with Gasteiger partial charge in [0.15, 0.2) is 0 Å². The third-order valence-electron chi connectivity index (χ3n) is 2.84. The van der Waals surface area contributed by atoms with Gasteiger partial charge in [-0.1, -0.05) is 6.92 Å². The SMILES string of the molecule is CC(CO)C(C)NC(=O)C1CNC(=O)CN1. The maximum absolute atomic E-state index is 11.7. The average Bonchev–Trinajstić information content (AvgIpc) is 2.28. The molecule has 6 nitrogen and oxygen atoms in total. The molecule has 0 saturated carbocycles. The molecule has 0 radical (unpaired) electrons. The van der Waals surface area contributed by atoms with E-state index in [0.29, 0.717) is 6.54 Å². The molecule has 1 heterocycles. The average molecular weight is 229 g/mol. The third kappa shape index (κ3) is 3.46. The van der Waals surface area contributed by atoms with Crippen LogP contribution in [0.2, 0.25) is 0 Å². The number of carbonyl (C=O) groups is 2. The maximum atomic E-state index is 11.7. The van der Waals surface area contributed by atoms with Crippen LogP contribution in [0.5, 0.6) is 0 Å². The van der Waals surface area contributed by atoms with Crippen molar-refractivity contribution >= 4 is 11.8 Å². The number of amides is 2. The van der Waals surface area contributed by atoms with E-state index in [-0.39, 0.29) is 43.0 Å². The van der Waals surface area contributed by atoms with E-state index in [1.165, 1.54) is 0 Å². The number of carbonyl (C=O) groups excluding carboxylic acids is 2. The minimum Gasteiger partial charge on any atom is -0.396 e. The zero-order chi connectivity index (χ0) is 12.1. The van der Waals surface area contributed by atoms with Crippen LogP contribution in [0.1, 0.15) is 13.8 Å². The molecule has 3 atom stereocenters. The van der Waals surface area contributed by atoms with Crippen LogP contribution in [0.25, 0.3) is 0 Å². The molecule has 4 N–H and O–H groups in total. The van der Waals surface area contributed by atoms with Gasteiger partial charge < -0.3 is 15.7 Å². The molecule has 6 heteroatoms. The van der Waals surface area contributed by atoms with Crippen molar-refractivity contribution in [3.05, 3.63) is 0 Å². The van der Waals surface area contributed by atoms with Gasteiger partial charge in [-0.05, 0) is 12.8 Å². The molecule has 0 aromatic carbocycles. The molecule has 0 aromatic rings. The number of hydrogen-bond donors (Lipinski definition) is 4. The Hall–Kier alpha value is -1.14. The normalized spacial score (nSPS) is 24.4. The summed E-state index contributed by atoms with van der Waals surface area (Å²) < 4.78 is 0. The molecular formula is C10H19N3O3. The summed E-state index contributed by atoms with van der Waals surface area (Å²) in [4.78, 5) is 22.6. The summed E-state index contributed by atoms with van der Waals surface area (Å²) in [5.74, 6) is -0.226. The maximum Gasteiger partial charge on any atom is 0.239 e. The van der Waals surface area contributed by atoms with Gasteiger partial charge in [0, 0.05) is 19.2 Å². The van der Waals surface area contributed by atoms with Crippen LogP contribution >= 0.6 is 0 Å². The smallest absolute Gasteiger partial charge is 0.239 e. The fourth-order valence-corrected chi connectivity index (χ4v) is 1.38. The molecule has 92 valence electrons. The van der Waals surface area contributed by atoms with E-state index >= 15 is 0 Å². The Labute approximate surface area is 94.8 Å². The number of piperazine rings is 1. The monoisotopic (exact) mass is 229 g/mol. The lowest BCUT2D eigenvalue weighted by atomic mass is 10.0. The molecule has 1 rings (SSSR count). The molecular weight excluding hydrogens is 210 g/mol. The second-order valence-corrected chi connectivity index (χ2v) is 4.19. The van der Waals surface area contributed by atoms with E-state index in [0.717, 1.165) is 0 Å². The lowest BCUT2D eigenvalue weighted by Gasteiger charge is -2.26. The topological polar surface area (TPSA) is 90.5 Å². The highest BCUT2D eigenvalue weighted by atomic mass is 16.3. The first-order chi connectivity index (χ1) is 7.54. The number of rotatable bonds is 4. The Balaban J connectivity index is 2.37. The highest BCUT2D eigenvalue weighted by molar-refractivity contribution is 5.86. The van der Waals surface area contributed by atoms with Crippen LogP contribution in [0.4, 0.5) is 0 Å². The minimum atomic E-state index is -0.383. The molecule has 1 aliphatic heterocycles. The van der Waals surface area contributed by atoms with E-state index < -0.39 is 0 Å². The van der Waals surface area contributed by atoms with E-state index in [2.05, 4.69) is 16.0 Å². The molecule has 0 spiro atoms. The Morgan fingerprint density at radius 3 is 2.81 bits per heavy atom. The van der Waals surface area contributed by atoms with E-state index in [1.54, 1.807) is 0 Å². The van der Waals surface area contributed by atoms with Crippen molar-refractivity contribution in [1.82, 2.24) is 16.0 Å². The van der Waals surface area contributed by atoms with Crippen LogP contribution in [0.3, 0.4) is 0 Å². The first-order valence-electron chi connectivity index (χ1n) is 5.46. The van der Waals surface area contributed by atoms with Crippen molar-refractivity contribution in [3.8, 4) is 0 Å². The summed E-state index contributed by atoms with van der Waals surface area (Å²) in [5, 5.41) is 17.2. The van der Waals surface area contributed by atoms with E-state index in [9.17, 15) is 9.59 Å². The summed E-state index contributed by atoms with van der Waals surface area (Å²) in [6, 6.07) is -0.469. The molecule has 0 aliphatic carbocycles. The van der Waals surface area contributed by atoms with E-state index in [1.807, 2.05) is 13.8 Å². The summed E-state index contributed by atoms with van der Waals surface area (Å²) in [5.41, 5.74) is 0. The van der Waals surface area contributed by atoms with Crippen molar-refractivity contribution in [2.24, 2.45) is 5.92 Å².